The van der Waals surface area contributed by atoms with Gasteiger partial charge < -0.3 is 10.1 Å². The van der Waals surface area contributed by atoms with Crippen LogP contribution in [0.3, 0.4) is 0 Å². The van der Waals surface area contributed by atoms with Gasteiger partial charge in [-0.05, 0) is 34.5 Å². The summed E-state index contributed by atoms with van der Waals surface area (Å²) in [6.07, 6.45) is 1.63. The normalized spacial score (nSPS) is 10.2. The van der Waals surface area contributed by atoms with Gasteiger partial charge in [-0.2, -0.15) is 4.98 Å². The van der Waals surface area contributed by atoms with Gasteiger partial charge in [-0.15, -0.1) is 0 Å². The maximum Gasteiger partial charge on any atom is 0.232 e. The van der Waals surface area contributed by atoms with Crippen LogP contribution in [-0.2, 0) is 0 Å². The van der Waals surface area contributed by atoms with Crippen LogP contribution in [0.4, 0.5) is 11.6 Å². The van der Waals surface area contributed by atoms with Gasteiger partial charge in [0, 0.05) is 0 Å². The first-order chi connectivity index (χ1) is 8.61. The minimum Gasteiger partial charge on any atom is -0.480 e. The summed E-state index contributed by atoms with van der Waals surface area (Å²) in [4.78, 5) is 8.37. The minimum absolute atomic E-state index is 0.436. The number of nitrogens with one attached hydrogen (secondary N) is 1. The summed E-state index contributed by atoms with van der Waals surface area (Å²) >= 11 is 9.43. The SMILES string of the molecule is COc1nc(Nc2c(C)cccc2Cl)ncc1Br. The lowest BCUT2D eigenvalue weighted by molar-refractivity contribution is 0.394. The topological polar surface area (TPSA) is 47.0 Å². The third kappa shape index (κ3) is 2.73. The first-order valence-corrected chi connectivity index (χ1v) is 6.37. The van der Waals surface area contributed by atoms with Crippen LogP contribution in [0.1, 0.15) is 5.56 Å². The van der Waals surface area contributed by atoms with Crippen LogP contribution in [-0.4, -0.2) is 17.1 Å². The monoisotopic (exact) mass is 327 g/mol. The second-order valence-corrected chi connectivity index (χ2v) is 4.87. The Kier molecular flexibility index (Phi) is 4.04. The average Bonchev–Trinajstić information content (AvgIpc) is 2.36. The van der Waals surface area contributed by atoms with Crippen LogP contribution < -0.4 is 10.1 Å². The fraction of sp³-hybridized carbons (Fsp3) is 0.167. The summed E-state index contributed by atoms with van der Waals surface area (Å²) in [6.45, 7) is 1.96. The van der Waals surface area contributed by atoms with Crippen molar-refractivity contribution in [1.29, 1.82) is 0 Å². The number of nitrogens with zero attached hydrogens (tertiary/aromatic N) is 2. The summed E-state index contributed by atoms with van der Waals surface area (Å²) in [7, 11) is 1.55. The number of anilines is 2. The van der Waals surface area contributed by atoms with E-state index in [1.54, 1.807) is 13.3 Å². The van der Waals surface area contributed by atoms with Gasteiger partial charge in [0.1, 0.15) is 0 Å². The highest BCUT2D eigenvalue weighted by Crippen LogP contribution is 2.29. The predicted molar refractivity (Wildman–Crippen MR) is 75.8 cm³/mol. The molecule has 2 aromatic rings. The number of methoxy groups -OCH3 is 1. The van der Waals surface area contributed by atoms with Crippen molar-refractivity contribution in [3.05, 3.63) is 39.5 Å². The molecular weight excluding hydrogens is 318 g/mol. The fourth-order valence-corrected chi connectivity index (χ4v) is 2.08. The summed E-state index contributed by atoms with van der Waals surface area (Å²) in [5.41, 5.74) is 1.82. The molecule has 0 atom stereocenters. The van der Waals surface area contributed by atoms with Crippen LogP contribution >= 0.6 is 27.5 Å². The number of ether oxygens (including phenoxy) is 1. The Morgan fingerprint density at radius 2 is 2.17 bits per heavy atom. The molecule has 0 aliphatic rings. The molecule has 0 fully saturated rings. The number of halogens is 2. The van der Waals surface area contributed by atoms with Gasteiger partial charge in [0.05, 0.1) is 28.5 Å². The molecule has 1 aromatic carbocycles. The molecule has 0 amide bonds. The van der Waals surface area contributed by atoms with Crippen molar-refractivity contribution in [2.75, 3.05) is 12.4 Å². The van der Waals surface area contributed by atoms with Gasteiger partial charge in [0.15, 0.2) is 0 Å². The summed E-state index contributed by atoms with van der Waals surface area (Å²) in [6, 6.07) is 5.67. The number of aryl methyl sites for hydroxylation is 1. The highest BCUT2D eigenvalue weighted by atomic mass is 79.9. The number of hydrogen-bond acceptors (Lipinski definition) is 4. The van der Waals surface area contributed by atoms with E-state index in [0.717, 1.165) is 11.3 Å². The molecule has 0 aliphatic heterocycles. The molecule has 0 unspecified atom stereocenters. The van der Waals surface area contributed by atoms with Crippen molar-refractivity contribution in [2.45, 2.75) is 6.92 Å². The molecular formula is C12H11BrClN3O. The van der Waals surface area contributed by atoms with Gasteiger partial charge in [-0.25, -0.2) is 4.98 Å². The second kappa shape index (κ2) is 5.54. The molecule has 1 aromatic heterocycles. The van der Waals surface area contributed by atoms with Gasteiger partial charge in [0.25, 0.3) is 0 Å². The first kappa shape index (κ1) is 13.1. The van der Waals surface area contributed by atoms with E-state index in [0.29, 0.717) is 21.3 Å². The quantitative estimate of drug-likeness (QED) is 0.926. The molecule has 2 rings (SSSR count). The van der Waals surface area contributed by atoms with Gasteiger partial charge in [-0.1, -0.05) is 23.7 Å². The highest BCUT2D eigenvalue weighted by molar-refractivity contribution is 9.10. The third-order valence-corrected chi connectivity index (χ3v) is 3.22. The molecule has 94 valence electrons. The zero-order valence-electron chi connectivity index (χ0n) is 9.87. The maximum absolute atomic E-state index is 6.13. The molecule has 0 bridgehead atoms. The van der Waals surface area contributed by atoms with E-state index in [9.17, 15) is 0 Å². The Morgan fingerprint density at radius 3 is 2.83 bits per heavy atom. The zero-order chi connectivity index (χ0) is 13.1. The molecule has 0 spiro atoms. The number of rotatable bonds is 3. The molecule has 6 heteroatoms. The summed E-state index contributed by atoms with van der Waals surface area (Å²) < 4.78 is 5.81. The standard InChI is InChI=1S/C12H11BrClN3O/c1-7-4-3-5-9(14)10(7)16-12-15-6-8(13)11(17-12)18-2/h3-6H,1-2H3,(H,15,16,17). The molecule has 4 nitrogen and oxygen atoms in total. The average molecular weight is 329 g/mol. The van der Waals surface area contributed by atoms with Crippen molar-refractivity contribution in [3.63, 3.8) is 0 Å². The maximum atomic E-state index is 6.13. The Labute approximate surface area is 118 Å². The van der Waals surface area contributed by atoms with Crippen LogP contribution in [0, 0.1) is 6.92 Å². The predicted octanol–water partition coefficient (Wildman–Crippen LogP) is 3.95. The number of aromatic nitrogens is 2. The Bertz CT molecular complexity index is 557. The summed E-state index contributed by atoms with van der Waals surface area (Å²) in [5.74, 6) is 0.906. The first-order valence-electron chi connectivity index (χ1n) is 5.20. The van der Waals surface area contributed by atoms with E-state index < -0.39 is 0 Å². The molecule has 1 N–H and O–H groups in total. The van der Waals surface area contributed by atoms with Crippen LogP contribution in [0.25, 0.3) is 0 Å². The molecule has 0 saturated carbocycles. The lowest BCUT2D eigenvalue weighted by Gasteiger charge is -2.10. The van der Waals surface area contributed by atoms with Crippen LogP contribution in [0.5, 0.6) is 5.88 Å². The summed E-state index contributed by atoms with van der Waals surface area (Å²) in [5, 5.41) is 3.71. The van der Waals surface area contributed by atoms with Crippen molar-refractivity contribution < 1.29 is 4.74 Å². The van der Waals surface area contributed by atoms with Gasteiger partial charge in [-0.3, -0.25) is 0 Å². The Balaban J connectivity index is 2.34. The van der Waals surface area contributed by atoms with Crippen LogP contribution in [0.15, 0.2) is 28.9 Å². The van der Waals surface area contributed by atoms with Crippen molar-refractivity contribution in [2.24, 2.45) is 0 Å². The fourth-order valence-electron chi connectivity index (χ4n) is 1.46. The molecule has 0 radical (unpaired) electrons. The number of para-hydroxylation sites is 1. The van der Waals surface area contributed by atoms with Crippen LogP contribution in [0.2, 0.25) is 5.02 Å². The number of hydrogen-bond donors (Lipinski definition) is 1. The van der Waals surface area contributed by atoms with E-state index in [4.69, 9.17) is 16.3 Å². The molecule has 0 aliphatic carbocycles. The molecule has 18 heavy (non-hydrogen) atoms. The van der Waals surface area contributed by atoms with E-state index in [2.05, 4.69) is 31.2 Å². The van der Waals surface area contributed by atoms with Crippen molar-refractivity contribution >= 4 is 39.2 Å². The minimum atomic E-state index is 0.436. The molecule has 0 saturated heterocycles. The van der Waals surface area contributed by atoms with E-state index >= 15 is 0 Å². The second-order valence-electron chi connectivity index (χ2n) is 3.61. The van der Waals surface area contributed by atoms with E-state index in [-0.39, 0.29) is 0 Å². The van der Waals surface area contributed by atoms with Crippen molar-refractivity contribution in [1.82, 2.24) is 9.97 Å². The van der Waals surface area contributed by atoms with Gasteiger partial charge >= 0.3 is 0 Å². The van der Waals surface area contributed by atoms with E-state index in [1.165, 1.54) is 0 Å². The Hall–Kier alpha value is -1.33. The molecule has 1 heterocycles. The lowest BCUT2D eigenvalue weighted by Crippen LogP contribution is -2.01. The Morgan fingerprint density at radius 1 is 1.39 bits per heavy atom. The van der Waals surface area contributed by atoms with Gasteiger partial charge in [0.2, 0.25) is 11.8 Å². The zero-order valence-corrected chi connectivity index (χ0v) is 12.2. The smallest absolute Gasteiger partial charge is 0.232 e. The van der Waals surface area contributed by atoms with E-state index in [1.807, 2.05) is 25.1 Å². The number of benzene rings is 1. The van der Waals surface area contributed by atoms with Crippen molar-refractivity contribution in [3.8, 4) is 5.88 Å². The largest absolute Gasteiger partial charge is 0.480 e. The highest BCUT2D eigenvalue weighted by Gasteiger charge is 2.08. The third-order valence-electron chi connectivity index (χ3n) is 2.36. The lowest BCUT2D eigenvalue weighted by atomic mass is 10.2.